The van der Waals surface area contributed by atoms with E-state index in [9.17, 15) is 19.2 Å². The number of unbranched alkanes of at least 4 members (excludes halogenated alkanes) is 3. The molecule has 5 rings (SSSR count). The second-order valence-corrected chi connectivity index (χ2v) is 10.8. The maximum Gasteiger partial charge on any atom is 0.274 e. The summed E-state index contributed by atoms with van der Waals surface area (Å²) in [6.07, 6.45) is 6.29. The van der Waals surface area contributed by atoms with Crippen molar-refractivity contribution in [3.05, 3.63) is 77.2 Å². The molecule has 1 fully saturated rings. The molecule has 1 aliphatic rings. The van der Waals surface area contributed by atoms with Crippen molar-refractivity contribution >= 4 is 34.3 Å². The standard InChI is InChI=1S/C33H36N6O4/c34-26-13-11-24(12-14-26)29-22-27(25-10-9-23-7-6-18-35-28(23)21-25)33(43)39(37-29)20-5-3-17-36-30(40)8-2-1-4-19-38-31(41)15-16-32(38)42/h6-7,9-14,18,21-22H,1-5,8,15-17,19-20,34H2,(H,36,40). The predicted octanol–water partition coefficient (Wildman–Crippen LogP) is 4.31. The topological polar surface area (TPSA) is 140 Å². The van der Waals surface area contributed by atoms with Gasteiger partial charge in [0.05, 0.1) is 16.8 Å². The van der Waals surface area contributed by atoms with E-state index in [1.54, 1.807) is 6.20 Å². The Morgan fingerprint density at radius 3 is 2.37 bits per heavy atom. The van der Waals surface area contributed by atoms with Crippen LogP contribution in [0.5, 0.6) is 0 Å². The largest absolute Gasteiger partial charge is 0.399 e. The van der Waals surface area contributed by atoms with Crippen molar-refractivity contribution in [1.29, 1.82) is 0 Å². The van der Waals surface area contributed by atoms with Crippen LogP contribution in [0, 0.1) is 0 Å². The summed E-state index contributed by atoms with van der Waals surface area (Å²) in [7, 11) is 0. The summed E-state index contributed by atoms with van der Waals surface area (Å²) < 4.78 is 1.50. The van der Waals surface area contributed by atoms with Gasteiger partial charge < -0.3 is 11.1 Å². The van der Waals surface area contributed by atoms with E-state index in [0.717, 1.165) is 28.5 Å². The summed E-state index contributed by atoms with van der Waals surface area (Å²) in [6, 6.07) is 18.9. The molecule has 222 valence electrons. The molecule has 0 atom stereocenters. The van der Waals surface area contributed by atoms with Gasteiger partial charge in [0.2, 0.25) is 17.7 Å². The smallest absolute Gasteiger partial charge is 0.274 e. The number of rotatable bonds is 13. The molecule has 1 saturated heterocycles. The number of aryl methyl sites for hydroxylation is 1. The molecule has 0 bridgehead atoms. The van der Waals surface area contributed by atoms with Crippen LogP contribution in [0.25, 0.3) is 33.3 Å². The molecular formula is C33H36N6O4. The summed E-state index contributed by atoms with van der Waals surface area (Å²) >= 11 is 0. The average Bonchev–Trinajstić information content (AvgIpc) is 3.34. The van der Waals surface area contributed by atoms with Crippen LogP contribution in [0.2, 0.25) is 0 Å². The molecule has 0 radical (unpaired) electrons. The number of nitrogen functional groups attached to an aromatic ring is 1. The molecule has 43 heavy (non-hydrogen) atoms. The zero-order chi connectivity index (χ0) is 30.2. The summed E-state index contributed by atoms with van der Waals surface area (Å²) in [5.74, 6) is -0.222. The highest BCUT2D eigenvalue weighted by Gasteiger charge is 2.27. The number of anilines is 1. The highest BCUT2D eigenvalue weighted by Crippen LogP contribution is 2.25. The van der Waals surface area contributed by atoms with E-state index in [1.165, 1.54) is 9.58 Å². The van der Waals surface area contributed by atoms with Gasteiger partial charge in [-0.25, -0.2) is 4.68 Å². The number of carbonyl (C=O) groups excluding carboxylic acids is 3. The van der Waals surface area contributed by atoms with E-state index >= 15 is 0 Å². The number of nitrogens with zero attached hydrogens (tertiary/aromatic N) is 4. The molecule has 3 heterocycles. The lowest BCUT2D eigenvalue weighted by atomic mass is 10.0. The number of nitrogens with two attached hydrogens (primary N) is 1. The molecule has 10 heteroatoms. The number of hydrogen-bond donors (Lipinski definition) is 2. The monoisotopic (exact) mass is 580 g/mol. The fraction of sp³-hybridized carbons (Fsp3) is 0.333. The number of hydrogen-bond acceptors (Lipinski definition) is 7. The van der Waals surface area contributed by atoms with E-state index in [4.69, 9.17) is 5.73 Å². The first-order chi connectivity index (χ1) is 20.9. The van der Waals surface area contributed by atoms with Crippen molar-refractivity contribution in [2.24, 2.45) is 0 Å². The third-order valence-electron chi connectivity index (χ3n) is 7.66. The SMILES string of the molecule is Nc1ccc(-c2cc(-c3ccc4cccnc4c3)c(=O)n(CCCCNC(=O)CCCCCN3C(=O)CCC3=O)n2)cc1. The number of fused-ring (bicyclic) bond motifs is 1. The molecule has 2 aromatic carbocycles. The van der Waals surface area contributed by atoms with Gasteiger partial charge in [0, 0.05) is 61.7 Å². The first-order valence-electron chi connectivity index (χ1n) is 14.8. The highest BCUT2D eigenvalue weighted by atomic mass is 16.2. The second kappa shape index (κ2) is 13.9. The fourth-order valence-electron chi connectivity index (χ4n) is 5.24. The number of imide groups is 1. The lowest BCUT2D eigenvalue weighted by molar-refractivity contribution is -0.138. The van der Waals surface area contributed by atoms with Crippen molar-refractivity contribution in [2.75, 3.05) is 18.8 Å². The Morgan fingerprint density at radius 1 is 0.837 bits per heavy atom. The zero-order valence-corrected chi connectivity index (χ0v) is 24.1. The minimum atomic E-state index is -0.184. The van der Waals surface area contributed by atoms with E-state index in [-0.39, 0.29) is 23.3 Å². The third-order valence-corrected chi connectivity index (χ3v) is 7.66. The van der Waals surface area contributed by atoms with E-state index < -0.39 is 0 Å². The molecule has 4 aromatic rings. The van der Waals surface area contributed by atoms with Gasteiger partial charge in [-0.05, 0) is 61.6 Å². The Balaban J connectivity index is 1.16. The number of pyridine rings is 1. The Morgan fingerprint density at radius 2 is 1.58 bits per heavy atom. The normalized spacial score (nSPS) is 13.2. The molecule has 3 N–H and O–H groups in total. The molecular weight excluding hydrogens is 544 g/mol. The molecule has 3 amide bonds. The average molecular weight is 581 g/mol. The Labute approximate surface area is 249 Å². The maximum atomic E-state index is 13.6. The molecule has 0 aliphatic carbocycles. The summed E-state index contributed by atoms with van der Waals surface area (Å²) in [5.41, 5.74) is 10.00. The van der Waals surface area contributed by atoms with Crippen LogP contribution in [0.1, 0.15) is 51.4 Å². The van der Waals surface area contributed by atoms with Crippen molar-refractivity contribution in [2.45, 2.75) is 57.9 Å². The van der Waals surface area contributed by atoms with Crippen molar-refractivity contribution in [3.63, 3.8) is 0 Å². The van der Waals surface area contributed by atoms with Crippen molar-refractivity contribution < 1.29 is 14.4 Å². The van der Waals surface area contributed by atoms with Gasteiger partial charge in [-0.2, -0.15) is 5.10 Å². The van der Waals surface area contributed by atoms with Gasteiger partial charge in [0.15, 0.2) is 0 Å². The van der Waals surface area contributed by atoms with Crippen LogP contribution in [-0.2, 0) is 20.9 Å². The molecule has 0 spiro atoms. The Hall–Kier alpha value is -4.86. The second-order valence-electron chi connectivity index (χ2n) is 10.8. The molecule has 0 saturated carbocycles. The van der Waals surface area contributed by atoms with Gasteiger partial charge in [-0.3, -0.25) is 29.1 Å². The van der Waals surface area contributed by atoms with Gasteiger partial charge in [-0.1, -0.05) is 36.8 Å². The number of benzene rings is 2. The summed E-state index contributed by atoms with van der Waals surface area (Å²) in [6.45, 7) is 1.35. The molecule has 1 aliphatic heterocycles. The number of likely N-dealkylation sites (tertiary alicyclic amines) is 1. The van der Waals surface area contributed by atoms with Crippen LogP contribution < -0.4 is 16.6 Å². The zero-order valence-electron chi connectivity index (χ0n) is 24.1. The quantitative estimate of drug-likeness (QED) is 0.136. The highest BCUT2D eigenvalue weighted by molar-refractivity contribution is 6.01. The van der Waals surface area contributed by atoms with Gasteiger partial charge in [-0.15, -0.1) is 0 Å². The fourth-order valence-corrected chi connectivity index (χ4v) is 5.24. The Kier molecular flexibility index (Phi) is 9.56. The first-order valence-corrected chi connectivity index (χ1v) is 14.8. The number of nitrogens with one attached hydrogen (secondary N) is 1. The molecule has 2 aromatic heterocycles. The minimum Gasteiger partial charge on any atom is -0.399 e. The summed E-state index contributed by atoms with van der Waals surface area (Å²) in [5, 5.41) is 8.60. The van der Waals surface area contributed by atoms with Gasteiger partial charge in [0.25, 0.3) is 5.56 Å². The van der Waals surface area contributed by atoms with E-state index in [0.29, 0.717) is 81.5 Å². The molecule has 10 nitrogen and oxygen atoms in total. The van der Waals surface area contributed by atoms with Crippen LogP contribution in [0.4, 0.5) is 5.69 Å². The number of amides is 3. The van der Waals surface area contributed by atoms with E-state index in [2.05, 4.69) is 15.4 Å². The van der Waals surface area contributed by atoms with E-state index in [1.807, 2.05) is 60.7 Å². The minimum absolute atomic E-state index is 0.0267. The van der Waals surface area contributed by atoms with Crippen molar-refractivity contribution in [1.82, 2.24) is 25.0 Å². The van der Waals surface area contributed by atoms with Crippen LogP contribution in [0.15, 0.2) is 71.7 Å². The van der Waals surface area contributed by atoms with Gasteiger partial charge >= 0.3 is 0 Å². The predicted molar refractivity (Wildman–Crippen MR) is 166 cm³/mol. The third kappa shape index (κ3) is 7.51. The number of aromatic nitrogens is 3. The number of carbonyl (C=O) groups is 3. The lowest BCUT2D eigenvalue weighted by Gasteiger charge is -2.13. The van der Waals surface area contributed by atoms with Crippen LogP contribution >= 0.6 is 0 Å². The van der Waals surface area contributed by atoms with Crippen LogP contribution in [-0.4, -0.2) is 50.5 Å². The molecule has 0 unspecified atom stereocenters. The Bertz CT molecular complexity index is 1670. The van der Waals surface area contributed by atoms with Gasteiger partial charge in [0.1, 0.15) is 0 Å². The van der Waals surface area contributed by atoms with Crippen molar-refractivity contribution in [3.8, 4) is 22.4 Å². The maximum absolute atomic E-state index is 13.6. The van der Waals surface area contributed by atoms with Crippen LogP contribution in [0.3, 0.4) is 0 Å². The first kappa shape index (κ1) is 29.6. The summed E-state index contributed by atoms with van der Waals surface area (Å²) in [4.78, 5) is 54.9. The lowest BCUT2D eigenvalue weighted by Crippen LogP contribution is -2.30.